The van der Waals surface area contributed by atoms with Crippen molar-refractivity contribution in [2.24, 2.45) is 0 Å². The van der Waals surface area contributed by atoms with E-state index < -0.39 is 5.97 Å². The van der Waals surface area contributed by atoms with Crippen molar-refractivity contribution in [1.29, 1.82) is 0 Å². The first-order chi connectivity index (χ1) is 6.66. The van der Waals surface area contributed by atoms with Crippen LogP contribution in [0.2, 0.25) is 0 Å². The molecule has 0 fully saturated rings. The van der Waals surface area contributed by atoms with Crippen LogP contribution in [0.1, 0.15) is 19.8 Å². The van der Waals surface area contributed by atoms with Crippen LogP contribution in [-0.2, 0) is 19.1 Å². The molecule has 4 nitrogen and oxygen atoms in total. The van der Waals surface area contributed by atoms with E-state index in [9.17, 15) is 9.59 Å². The predicted octanol–water partition coefficient (Wildman–Crippen LogP) is 1.10. The van der Waals surface area contributed by atoms with E-state index >= 15 is 0 Å². The van der Waals surface area contributed by atoms with E-state index in [-0.39, 0.29) is 12.2 Å². The van der Waals surface area contributed by atoms with E-state index in [4.69, 9.17) is 9.47 Å². The van der Waals surface area contributed by atoms with Gasteiger partial charge in [0.1, 0.15) is 12.2 Å². The summed E-state index contributed by atoms with van der Waals surface area (Å²) in [6.07, 6.45) is 2.15. The van der Waals surface area contributed by atoms with Crippen LogP contribution >= 0.6 is 0 Å². The molecule has 0 aromatic heterocycles. The third-order valence-corrected chi connectivity index (χ3v) is 1.33. The molecular weight excluding hydrogens is 184 g/mol. The van der Waals surface area contributed by atoms with Crippen molar-refractivity contribution in [3.8, 4) is 0 Å². The van der Waals surface area contributed by atoms with Crippen molar-refractivity contribution in [3.63, 3.8) is 0 Å². The highest BCUT2D eigenvalue weighted by molar-refractivity contribution is 5.94. The summed E-state index contributed by atoms with van der Waals surface area (Å²) in [6, 6.07) is 0. The summed E-state index contributed by atoms with van der Waals surface area (Å²) >= 11 is 0. The smallest absolute Gasteiger partial charge is 0.313 e. The largest absolute Gasteiger partial charge is 0.465 e. The topological polar surface area (TPSA) is 52.6 Å². The number of carbonyl (C=O) groups is 2. The highest BCUT2D eigenvalue weighted by atomic mass is 16.5. The van der Waals surface area contributed by atoms with Gasteiger partial charge in [-0.15, -0.1) is 6.58 Å². The molecule has 0 N–H and O–H groups in total. The highest BCUT2D eigenvalue weighted by Gasteiger charge is 2.05. The van der Waals surface area contributed by atoms with Crippen LogP contribution in [-0.4, -0.2) is 31.6 Å². The first-order valence-electron chi connectivity index (χ1n) is 4.50. The Morgan fingerprint density at radius 3 is 2.64 bits per heavy atom. The molecule has 0 aromatic rings. The van der Waals surface area contributed by atoms with Gasteiger partial charge in [-0.25, -0.2) is 0 Å². The van der Waals surface area contributed by atoms with E-state index in [0.717, 1.165) is 0 Å². The fourth-order valence-electron chi connectivity index (χ4n) is 0.768. The lowest BCUT2D eigenvalue weighted by Gasteiger charge is -2.03. The zero-order chi connectivity index (χ0) is 10.8. The summed E-state index contributed by atoms with van der Waals surface area (Å²) in [5, 5.41) is 0. The van der Waals surface area contributed by atoms with Crippen LogP contribution in [0, 0.1) is 0 Å². The normalized spacial score (nSPS) is 9.50. The molecule has 0 saturated heterocycles. The number of ketones is 1. The van der Waals surface area contributed by atoms with Gasteiger partial charge in [0.25, 0.3) is 0 Å². The number of Topliss-reactive ketones (excluding diaryl/α,β-unsaturated/α-hetero) is 1. The number of rotatable bonds is 8. The Hall–Kier alpha value is -1.16. The van der Waals surface area contributed by atoms with Crippen LogP contribution in [0.4, 0.5) is 0 Å². The predicted molar refractivity (Wildman–Crippen MR) is 51.9 cm³/mol. The molecule has 0 bridgehead atoms. The van der Waals surface area contributed by atoms with Crippen molar-refractivity contribution < 1.29 is 19.1 Å². The molecule has 0 aromatic carbocycles. The molecule has 0 heterocycles. The lowest BCUT2D eigenvalue weighted by Crippen LogP contribution is -2.11. The Balaban J connectivity index is 3.23. The number of hydrogen-bond acceptors (Lipinski definition) is 4. The highest BCUT2D eigenvalue weighted by Crippen LogP contribution is 1.91. The van der Waals surface area contributed by atoms with Crippen LogP contribution < -0.4 is 0 Å². The first-order valence-corrected chi connectivity index (χ1v) is 4.50. The van der Waals surface area contributed by atoms with Gasteiger partial charge in [0, 0.05) is 6.42 Å². The van der Waals surface area contributed by atoms with Crippen LogP contribution in [0.3, 0.4) is 0 Å². The molecule has 0 aliphatic heterocycles. The van der Waals surface area contributed by atoms with Crippen LogP contribution in [0.15, 0.2) is 12.7 Å². The zero-order valence-corrected chi connectivity index (χ0v) is 8.45. The average Bonchev–Trinajstić information content (AvgIpc) is 2.10. The van der Waals surface area contributed by atoms with Crippen molar-refractivity contribution >= 4 is 11.8 Å². The Bertz CT molecular complexity index is 198. The van der Waals surface area contributed by atoms with Gasteiger partial charge >= 0.3 is 5.97 Å². The minimum absolute atomic E-state index is 0.145. The Morgan fingerprint density at radius 2 is 2.07 bits per heavy atom. The second-order valence-electron chi connectivity index (χ2n) is 2.82. The maximum Gasteiger partial charge on any atom is 0.313 e. The molecule has 0 rings (SSSR count). The Kier molecular flexibility index (Phi) is 7.74. The maximum absolute atomic E-state index is 10.8. The molecule has 0 atom stereocenters. The Labute approximate surface area is 83.9 Å². The summed E-state index contributed by atoms with van der Waals surface area (Å²) < 4.78 is 9.84. The van der Waals surface area contributed by atoms with Crippen LogP contribution in [0.25, 0.3) is 0 Å². The molecule has 0 radical (unpaired) electrons. The fourth-order valence-corrected chi connectivity index (χ4v) is 0.768. The minimum atomic E-state index is -0.471. The lowest BCUT2D eigenvalue weighted by molar-refractivity contribution is -0.146. The minimum Gasteiger partial charge on any atom is -0.465 e. The first kappa shape index (κ1) is 12.8. The third-order valence-electron chi connectivity index (χ3n) is 1.33. The van der Waals surface area contributed by atoms with Crippen molar-refractivity contribution in [2.45, 2.75) is 19.8 Å². The number of ether oxygens (including phenoxy) is 2. The number of carbonyl (C=O) groups excluding carboxylic acids is 2. The van der Waals surface area contributed by atoms with E-state index in [2.05, 4.69) is 6.58 Å². The monoisotopic (exact) mass is 200 g/mol. The Morgan fingerprint density at radius 1 is 1.36 bits per heavy atom. The molecule has 14 heavy (non-hydrogen) atoms. The SMILES string of the molecule is C=CCOCCCOC(=O)CC(C)=O. The second-order valence-corrected chi connectivity index (χ2v) is 2.82. The van der Waals surface area contributed by atoms with Gasteiger partial charge in [-0.05, 0) is 6.92 Å². The van der Waals surface area contributed by atoms with Crippen molar-refractivity contribution in [1.82, 2.24) is 0 Å². The fraction of sp³-hybridized carbons (Fsp3) is 0.600. The zero-order valence-electron chi connectivity index (χ0n) is 8.45. The molecule has 0 aliphatic rings. The van der Waals surface area contributed by atoms with E-state index in [0.29, 0.717) is 26.2 Å². The van der Waals surface area contributed by atoms with Crippen LogP contribution in [0.5, 0.6) is 0 Å². The molecule has 0 spiro atoms. The van der Waals surface area contributed by atoms with Gasteiger partial charge in [-0.2, -0.15) is 0 Å². The second kappa shape index (κ2) is 8.44. The molecule has 0 amide bonds. The number of esters is 1. The quantitative estimate of drug-likeness (QED) is 0.255. The van der Waals surface area contributed by atoms with Gasteiger partial charge in [0.2, 0.25) is 0 Å². The third kappa shape index (κ3) is 8.93. The molecule has 0 aliphatic carbocycles. The molecule has 0 saturated carbocycles. The maximum atomic E-state index is 10.8. The standard InChI is InChI=1S/C10H16O4/c1-3-5-13-6-4-7-14-10(12)8-9(2)11/h3H,1,4-8H2,2H3. The summed E-state index contributed by atoms with van der Waals surface area (Å²) in [5.41, 5.74) is 0. The van der Waals surface area contributed by atoms with Gasteiger partial charge in [0.15, 0.2) is 0 Å². The van der Waals surface area contributed by atoms with E-state index in [1.54, 1.807) is 6.08 Å². The average molecular weight is 200 g/mol. The van der Waals surface area contributed by atoms with Gasteiger partial charge in [0.05, 0.1) is 19.8 Å². The van der Waals surface area contributed by atoms with E-state index in [1.165, 1.54) is 6.92 Å². The summed E-state index contributed by atoms with van der Waals surface area (Å²) in [4.78, 5) is 21.3. The van der Waals surface area contributed by atoms with Gasteiger partial charge in [-0.1, -0.05) is 6.08 Å². The molecule has 4 heteroatoms. The summed E-state index contributed by atoms with van der Waals surface area (Å²) in [6.45, 7) is 6.17. The number of hydrogen-bond donors (Lipinski definition) is 0. The molecular formula is C10H16O4. The van der Waals surface area contributed by atoms with E-state index in [1.807, 2.05) is 0 Å². The lowest BCUT2D eigenvalue weighted by atomic mass is 10.3. The summed E-state index contributed by atoms with van der Waals surface area (Å²) in [5.74, 6) is -0.654. The summed E-state index contributed by atoms with van der Waals surface area (Å²) in [7, 11) is 0. The van der Waals surface area contributed by atoms with Gasteiger partial charge in [-0.3, -0.25) is 9.59 Å². The molecule has 0 unspecified atom stereocenters. The van der Waals surface area contributed by atoms with Crippen molar-refractivity contribution in [3.05, 3.63) is 12.7 Å². The van der Waals surface area contributed by atoms with Gasteiger partial charge < -0.3 is 9.47 Å². The molecule has 80 valence electrons. The van der Waals surface area contributed by atoms with Crippen molar-refractivity contribution in [2.75, 3.05) is 19.8 Å².